The van der Waals surface area contributed by atoms with Gasteiger partial charge in [-0.1, -0.05) is 6.07 Å². The highest BCUT2D eigenvalue weighted by Crippen LogP contribution is 2.28. The van der Waals surface area contributed by atoms with E-state index in [0.717, 1.165) is 0 Å². The van der Waals surface area contributed by atoms with E-state index in [1.165, 1.54) is 0 Å². The third kappa shape index (κ3) is 3.63. The number of carbonyl (C=O) groups is 1. The van der Waals surface area contributed by atoms with E-state index < -0.39 is 0 Å². The molecule has 0 heterocycles. The second-order valence-corrected chi connectivity index (χ2v) is 4.55. The molecule has 5 nitrogen and oxygen atoms in total. The number of nitrogen functional groups attached to an aromatic ring is 1. The average Bonchev–Trinajstić information content (AvgIpc) is 2.42. The van der Waals surface area contributed by atoms with Gasteiger partial charge in [0, 0.05) is 13.7 Å². The molecule has 1 amide bonds. The lowest BCUT2D eigenvalue weighted by molar-refractivity contribution is 0.0575. The number of anilines is 1. The molecular weight excluding hydrogens is 256 g/mol. The molecule has 0 saturated carbocycles. The number of hydrogen-bond acceptors (Lipinski definition) is 4. The van der Waals surface area contributed by atoms with Crippen LogP contribution in [0.4, 0.5) is 5.69 Å². The molecule has 0 aliphatic rings. The minimum atomic E-state index is -0.0900. The Kier molecular flexibility index (Phi) is 6.31. The molecule has 0 spiro atoms. The third-order valence-corrected chi connectivity index (χ3v) is 3.11. The van der Waals surface area contributed by atoms with Gasteiger partial charge in [0.2, 0.25) is 0 Å². The number of benzene rings is 1. The summed E-state index contributed by atoms with van der Waals surface area (Å²) in [5, 5.41) is 0. The second kappa shape index (κ2) is 7.75. The Balaban J connectivity index is 3.09. The SMILES string of the molecule is CCOc1c(N)cccc1C(=O)N(CC)C(C)COC. The molecule has 2 N–H and O–H groups in total. The lowest BCUT2D eigenvalue weighted by atomic mass is 10.1. The van der Waals surface area contributed by atoms with Crippen molar-refractivity contribution >= 4 is 11.6 Å². The summed E-state index contributed by atoms with van der Waals surface area (Å²) >= 11 is 0. The van der Waals surface area contributed by atoms with E-state index in [0.29, 0.717) is 36.8 Å². The molecule has 0 bridgehead atoms. The van der Waals surface area contributed by atoms with Crippen molar-refractivity contribution in [1.82, 2.24) is 4.90 Å². The molecule has 5 heteroatoms. The van der Waals surface area contributed by atoms with E-state index in [9.17, 15) is 4.79 Å². The van der Waals surface area contributed by atoms with Crippen molar-refractivity contribution in [3.8, 4) is 5.75 Å². The van der Waals surface area contributed by atoms with Crippen LogP contribution in [0.5, 0.6) is 5.75 Å². The van der Waals surface area contributed by atoms with E-state index in [1.807, 2.05) is 20.8 Å². The summed E-state index contributed by atoms with van der Waals surface area (Å²) < 4.78 is 10.6. The van der Waals surface area contributed by atoms with Crippen LogP contribution in [0.1, 0.15) is 31.1 Å². The van der Waals surface area contributed by atoms with E-state index >= 15 is 0 Å². The zero-order valence-corrected chi connectivity index (χ0v) is 12.7. The number of para-hydroxylation sites is 1. The van der Waals surface area contributed by atoms with Crippen LogP contribution < -0.4 is 10.5 Å². The number of nitrogens with zero attached hydrogens (tertiary/aromatic N) is 1. The van der Waals surface area contributed by atoms with Gasteiger partial charge in [0.1, 0.15) is 0 Å². The van der Waals surface area contributed by atoms with E-state index in [1.54, 1.807) is 30.2 Å². The predicted octanol–water partition coefficient (Wildman–Crippen LogP) is 2.16. The van der Waals surface area contributed by atoms with Crippen molar-refractivity contribution in [2.45, 2.75) is 26.8 Å². The summed E-state index contributed by atoms with van der Waals surface area (Å²) in [6.45, 7) is 7.32. The van der Waals surface area contributed by atoms with Gasteiger partial charge in [0.25, 0.3) is 5.91 Å². The summed E-state index contributed by atoms with van der Waals surface area (Å²) in [4.78, 5) is 14.4. The number of hydrogen-bond donors (Lipinski definition) is 1. The Morgan fingerprint density at radius 3 is 2.65 bits per heavy atom. The summed E-state index contributed by atoms with van der Waals surface area (Å²) in [5.41, 5.74) is 6.88. The van der Waals surface area contributed by atoms with Gasteiger partial charge in [-0.25, -0.2) is 0 Å². The molecule has 0 aliphatic carbocycles. The first kappa shape index (κ1) is 16.3. The Morgan fingerprint density at radius 2 is 2.10 bits per heavy atom. The smallest absolute Gasteiger partial charge is 0.258 e. The van der Waals surface area contributed by atoms with Crippen molar-refractivity contribution in [3.63, 3.8) is 0 Å². The standard InChI is InChI=1S/C15H24N2O3/c1-5-17(11(3)10-19-4)15(18)12-8-7-9-13(16)14(12)20-6-2/h7-9,11H,5-6,10,16H2,1-4H3. The summed E-state index contributed by atoms with van der Waals surface area (Å²) in [5.74, 6) is 0.371. The summed E-state index contributed by atoms with van der Waals surface area (Å²) in [7, 11) is 1.63. The van der Waals surface area contributed by atoms with Gasteiger partial charge in [0.05, 0.1) is 30.5 Å². The van der Waals surface area contributed by atoms with Crippen molar-refractivity contribution in [3.05, 3.63) is 23.8 Å². The Labute approximate surface area is 120 Å². The number of amides is 1. The van der Waals surface area contributed by atoms with E-state index in [-0.39, 0.29) is 11.9 Å². The van der Waals surface area contributed by atoms with E-state index in [2.05, 4.69) is 0 Å². The lowest BCUT2D eigenvalue weighted by Gasteiger charge is -2.28. The first-order valence-electron chi connectivity index (χ1n) is 6.87. The van der Waals surface area contributed by atoms with Gasteiger partial charge in [-0.3, -0.25) is 4.79 Å². The largest absolute Gasteiger partial charge is 0.491 e. The molecule has 112 valence electrons. The number of rotatable bonds is 7. The first-order chi connectivity index (χ1) is 9.56. The maximum absolute atomic E-state index is 12.7. The lowest BCUT2D eigenvalue weighted by Crippen LogP contribution is -2.41. The van der Waals surface area contributed by atoms with Gasteiger partial charge in [-0.05, 0) is 32.9 Å². The Hall–Kier alpha value is -1.75. The third-order valence-electron chi connectivity index (χ3n) is 3.11. The fraction of sp³-hybridized carbons (Fsp3) is 0.533. The monoisotopic (exact) mass is 280 g/mol. The van der Waals surface area contributed by atoms with Crippen LogP contribution >= 0.6 is 0 Å². The maximum Gasteiger partial charge on any atom is 0.258 e. The number of ether oxygens (including phenoxy) is 2. The van der Waals surface area contributed by atoms with Crippen molar-refractivity contribution in [2.75, 3.05) is 32.6 Å². The Bertz CT molecular complexity index is 449. The minimum absolute atomic E-state index is 0.00610. The molecule has 0 radical (unpaired) electrons. The highest BCUT2D eigenvalue weighted by molar-refractivity contribution is 5.98. The molecule has 0 saturated heterocycles. The Morgan fingerprint density at radius 1 is 1.40 bits per heavy atom. The minimum Gasteiger partial charge on any atom is -0.491 e. The van der Waals surface area contributed by atoms with Crippen molar-refractivity contribution < 1.29 is 14.3 Å². The molecular formula is C15H24N2O3. The normalized spacial score (nSPS) is 12.0. The average molecular weight is 280 g/mol. The quantitative estimate of drug-likeness (QED) is 0.777. The number of likely N-dealkylation sites (N-methyl/N-ethyl adjacent to an activating group) is 1. The molecule has 1 rings (SSSR count). The highest BCUT2D eigenvalue weighted by atomic mass is 16.5. The molecule has 0 aromatic heterocycles. The van der Waals surface area contributed by atoms with Crippen LogP contribution in [0, 0.1) is 0 Å². The van der Waals surface area contributed by atoms with Crippen LogP contribution in [0.15, 0.2) is 18.2 Å². The fourth-order valence-corrected chi connectivity index (χ4v) is 2.17. The van der Waals surface area contributed by atoms with Gasteiger partial charge in [0.15, 0.2) is 5.75 Å². The van der Waals surface area contributed by atoms with Crippen LogP contribution in [-0.2, 0) is 4.74 Å². The van der Waals surface area contributed by atoms with Gasteiger partial charge in [-0.2, -0.15) is 0 Å². The number of carbonyl (C=O) groups excluding carboxylic acids is 1. The number of methoxy groups -OCH3 is 1. The molecule has 0 fully saturated rings. The van der Waals surface area contributed by atoms with E-state index in [4.69, 9.17) is 15.2 Å². The molecule has 1 unspecified atom stereocenters. The highest BCUT2D eigenvalue weighted by Gasteiger charge is 2.23. The first-order valence-corrected chi connectivity index (χ1v) is 6.87. The van der Waals surface area contributed by atoms with Gasteiger partial charge < -0.3 is 20.1 Å². The predicted molar refractivity (Wildman–Crippen MR) is 80.1 cm³/mol. The topological polar surface area (TPSA) is 64.8 Å². The van der Waals surface area contributed by atoms with Crippen LogP contribution in [0.3, 0.4) is 0 Å². The summed E-state index contributed by atoms with van der Waals surface area (Å²) in [6, 6.07) is 5.23. The molecule has 1 aromatic rings. The molecule has 20 heavy (non-hydrogen) atoms. The fourth-order valence-electron chi connectivity index (χ4n) is 2.17. The van der Waals surface area contributed by atoms with Crippen LogP contribution in [0.2, 0.25) is 0 Å². The van der Waals surface area contributed by atoms with Gasteiger partial charge in [-0.15, -0.1) is 0 Å². The number of nitrogens with two attached hydrogens (primary N) is 1. The summed E-state index contributed by atoms with van der Waals surface area (Å²) in [6.07, 6.45) is 0. The molecule has 1 aromatic carbocycles. The molecule has 1 atom stereocenters. The zero-order valence-electron chi connectivity index (χ0n) is 12.7. The zero-order chi connectivity index (χ0) is 15.1. The molecule has 0 aliphatic heterocycles. The van der Waals surface area contributed by atoms with Gasteiger partial charge >= 0.3 is 0 Å². The van der Waals surface area contributed by atoms with Crippen LogP contribution in [0.25, 0.3) is 0 Å². The van der Waals surface area contributed by atoms with Crippen molar-refractivity contribution in [1.29, 1.82) is 0 Å². The maximum atomic E-state index is 12.7. The second-order valence-electron chi connectivity index (χ2n) is 4.55. The van der Waals surface area contributed by atoms with Crippen LogP contribution in [-0.4, -0.2) is 43.7 Å². The van der Waals surface area contributed by atoms with Crippen molar-refractivity contribution in [2.24, 2.45) is 0 Å².